The SMILES string of the molecule is CN(CCCC(=O)O)C(=O)C1CCN(c2ccc(Cl)cn2)CC1. The van der Waals surface area contributed by atoms with Crippen LogP contribution in [0, 0.1) is 5.92 Å². The molecule has 6 nitrogen and oxygen atoms in total. The standard InChI is InChI=1S/C16H22ClN3O3/c1-19(8-2-3-15(21)22)16(23)12-6-9-20(10-7-12)14-5-4-13(17)11-18-14/h4-5,11-12H,2-3,6-10H2,1H3,(H,21,22). The van der Waals surface area contributed by atoms with Gasteiger partial charge in [-0.2, -0.15) is 0 Å². The van der Waals surface area contributed by atoms with E-state index >= 15 is 0 Å². The number of amides is 1. The smallest absolute Gasteiger partial charge is 0.303 e. The van der Waals surface area contributed by atoms with Crippen LogP contribution in [0.4, 0.5) is 5.82 Å². The van der Waals surface area contributed by atoms with Gasteiger partial charge >= 0.3 is 5.97 Å². The van der Waals surface area contributed by atoms with Gasteiger partial charge < -0.3 is 14.9 Å². The zero-order valence-corrected chi connectivity index (χ0v) is 14.0. The molecule has 0 bridgehead atoms. The summed E-state index contributed by atoms with van der Waals surface area (Å²) in [7, 11) is 1.75. The second-order valence-electron chi connectivity index (χ2n) is 5.85. The second-order valence-corrected chi connectivity index (χ2v) is 6.29. The maximum absolute atomic E-state index is 12.4. The van der Waals surface area contributed by atoms with E-state index in [9.17, 15) is 9.59 Å². The Kier molecular flexibility index (Phi) is 6.21. The maximum atomic E-state index is 12.4. The molecule has 1 aliphatic rings. The van der Waals surface area contributed by atoms with Crippen LogP contribution < -0.4 is 4.90 Å². The Morgan fingerprint density at radius 1 is 1.39 bits per heavy atom. The summed E-state index contributed by atoms with van der Waals surface area (Å²) in [5, 5.41) is 9.26. The molecule has 0 aliphatic carbocycles. The number of nitrogens with zero attached hydrogens (tertiary/aromatic N) is 3. The van der Waals surface area contributed by atoms with E-state index in [-0.39, 0.29) is 18.2 Å². The molecule has 126 valence electrons. The summed E-state index contributed by atoms with van der Waals surface area (Å²) < 4.78 is 0. The predicted octanol–water partition coefficient (Wildman–Crippen LogP) is 2.27. The Morgan fingerprint density at radius 3 is 2.65 bits per heavy atom. The summed E-state index contributed by atoms with van der Waals surface area (Å²) in [5.41, 5.74) is 0. The molecule has 0 aromatic carbocycles. The number of carboxylic acid groups (broad SMARTS) is 1. The zero-order chi connectivity index (χ0) is 16.8. The van der Waals surface area contributed by atoms with Gasteiger partial charge in [-0.3, -0.25) is 9.59 Å². The molecule has 0 radical (unpaired) electrons. The minimum Gasteiger partial charge on any atom is -0.481 e. The maximum Gasteiger partial charge on any atom is 0.303 e. The van der Waals surface area contributed by atoms with Crippen molar-refractivity contribution in [1.82, 2.24) is 9.88 Å². The first kappa shape index (κ1) is 17.5. The molecule has 7 heteroatoms. The molecule has 1 N–H and O–H groups in total. The minimum atomic E-state index is -0.824. The molecule has 1 aromatic heterocycles. The summed E-state index contributed by atoms with van der Waals surface area (Å²) in [6.07, 6.45) is 3.78. The van der Waals surface area contributed by atoms with Crippen molar-refractivity contribution >= 4 is 29.3 Å². The summed E-state index contributed by atoms with van der Waals surface area (Å²) >= 11 is 5.84. The Hall–Kier alpha value is -1.82. The number of rotatable bonds is 6. The lowest BCUT2D eigenvalue weighted by atomic mass is 9.95. The highest BCUT2D eigenvalue weighted by molar-refractivity contribution is 6.30. The Bertz CT molecular complexity index is 542. The number of pyridine rings is 1. The molecule has 2 heterocycles. The third-order valence-corrected chi connectivity index (χ3v) is 4.36. The van der Waals surface area contributed by atoms with E-state index in [0.717, 1.165) is 31.7 Å². The number of aromatic nitrogens is 1. The van der Waals surface area contributed by atoms with E-state index < -0.39 is 5.97 Å². The lowest BCUT2D eigenvalue weighted by Gasteiger charge is -2.33. The van der Waals surface area contributed by atoms with Crippen molar-refractivity contribution < 1.29 is 14.7 Å². The van der Waals surface area contributed by atoms with Crippen molar-refractivity contribution in [2.75, 3.05) is 31.6 Å². The number of aliphatic carboxylic acids is 1. The van der Waals surface area contributed by atoms with E-state index in [1.165, 1.54) is 0 Å². The van der Waals surface area contributed by atoms with Crippen LogP contribution in [0.1, 0.15) is 25.7 Å². The molecule has 1 saturated heterocycles. The van der Waals surface area contributed by atoms with Gasteiger partial charge in [0.05, 0.1) is 5.02 Å². The third kappa shape index (κ3) is 5.10. The van der Waals surface area contributed by atoms with E-state index in [2.05, 4.69) is 9.88 Å². The summed E-state index contributed by atoms with van der Waals surface area (Å²) in [5.74, 6) is 0.178. The van der Waals surface area contributed by atoms with Gasteiger partial charge in [0.1, 0.15) is 5.82 Å². The molecule has 1 aliphatic heterocycles. The molecule has 23 heavy (non-hydrogen) atoms. The highest BCUT2D eigenvalue weighted by Gasteiger charge is 2.27. The summed E-state index contributed by atoms with van der Waals surface area (Å²) in [4.78, 5) is 31.0. The van der Waals surface area contributed by atoms with Gasteiger partial charge in [-0.15, -0.1) is 0 Å². The van der Waals surface area contributed by atoms with Crippen molar-refractivity contribution in [3.63, 3.8) is 0 Å². The molecule has 1 aromatic rings. The van der Waals surface area contributed by atoms with Crippen LogP contribution >= 0.6 is 11.6 Å². The van der Waals surface area contributed by atoms with Crippen molar-refractivity contribution in [3.05, 3.63) is 23.4 Å². The van der Waals surface area contributed by atoms with Crippen LogP contribution in [0.5, 0.6) is 0 Å². The summed E-state index contributed by atoms with van der Waals surface area (Å²) in [6, 6.07) is 3.71. The number of carbonyl (C=O) groups is 2. The number of anilines is 1. The van der Waals surface area contributed by atoms with Crippen molar-refractivity contribution in [3.8, 4) is 0 Å². The third-order valence-electron chi connectivity index (χ3n) is 4.14. The zero-order valence-electron chi connectivity index (χ0n) is 13.2. The van der Waals surface area contributed by atoms with Crippen LogP contribution in [0.3, 0.4) is 0 Å². The van der Waals surface area contributed by atoms with Crippen LogP contribution in [-0.2, 0) is 9.59 Å². The minimum absolute atomic E-state index is 0.00776. The van der Waals surface area contributed by atoms with Crippen molar-refractivity contribution in [1.29, 1.82) is 0 Å². The predicted molar refractivity (Wildman–Crippen MR) is 88.7 cm³/mol. The Balaban J connectivity index is 1.80. The van der Waals surface area contributed by atoms with E-state index in [1.807, 2.05) is 12.1 Å². The van der Waals surface area contributed by atoms with Crippen LogP contribution in [-0.4, -0.2) is 53.5 Å². The number of halogens is 1. The topological polar surface area (TPSA) is 73.7 Å². The van der Waals surface area contributed by atoms with E-state index in [1.54, 1.807) is 18.1 Å². The Morgan fingerprint density at radius 2 is 2.09 bits per heavy atom. The highest BCUT2D eigenvalue weighted by atomic mass is 35.5. The van der Waals surface area contributed by atoms with Gasteiger partial charge in [-0.25, -0.2) is 4.98 Å². The van der Waals surface area contributed by atoms with Gasteiger partial charge in [0, 0.05) is 45.2 Å². The van der Waals surface area contributed by atoms with Crippen molar-refractivity contribution in [2.45, 2.75) is 25.7 Å². The fourth-order valence-corrected chi connectivity index (χ4v) is 2.91. The monoisotopic (exact) mass is 339 g/mol. The molecular formula is C16H22ClN3O3. The van der Waals surface area contributed by atoms with E-state index in [4.69, 9.17) is 16.7 Å². The fraction of sp³-hybridized carbons (Fsp3) is 0.562. The van der Waals surface area contributed by atoms with Gasteiger partial charge in [-0.1, -0.05) is 11.6 Å². The van der Waals surface area contributed by atoms with Crippen molar-refractivity contribution in [2.24, 2.45) is 5.92 Å². The lowest BCUT2D eigenvalue weighted by molar-refractivity contribution is -0.139. The quantitative estimate of drug-likeness (QED) is 0.860. The van der Waals surface area contributed by atoms with Gasteiger partial charge in [0.15, 0.2) is 0 Å². The Labute approximate surface area is 141 Å². The molecule has 0 unspecified atom stereocenters. The van der Waals surface area contributed by atoms with Crippen LogP contribution in [0.15, 0.2) is 18.3 Å². The first-order valence-electron chi connectivity index (χ1n) is 7.80. The van der Waals surface area contributed by atoms with Crippen LogP contribution in [0.25, 0.3) is 0 Å². The molecular weight excluding hydrogens is 318 g/mol. The molecule has 1 fully saturated rings. The van der Waals surface area contributed by atoms with Gasteiger partial charge in [0.2, 0.25) is 5.91 Å². The molecule has 0 atom stereocenters. The number of carbonyl (C=O) groups excluding carboxylic acids is 1. The highest BCUT2D eigenvalue weighted by Crippen LogP contribution is 2.24. The average Bonchev–Trinajstić information content (AvgIpc) is 2.54. The lowest BCUT2D eigenvalue weighted by Crippen LogP contribution is -2.41. The van der Waals surface area contributed by atoms with E-state index in [0.29, 0.717) is 18.0 Å². The normalized spacial score (nSPS) is 15.5. The molecule has 0 saturated carbocycles. The number of carboxylic acids is 1. The van der Waals surface area contributed by atoms with Crippen LogP contribution in [0.2, 0.25) is 5.02 Å². The number of hydrogen-bond acceptors (Lipinski definition) is 4. The molecule has 1 amide bonds. The first-order valence-corrected chi connectivity index (χ1v) is 8.18. The summed E-state index contributed by atoms with van der Waals surface area (Å²) in [6.45, 7) is 2.06. The second kappa shape index (κ2) is 8.15. The number of piperidine rings is 1. The van der Waals surface area contributed by atoms with Gasteiger partial charge in [-0.05, 0) is 31.4 Å². The number of hydrogen-bond donors (Lipinski definition) is 1. The fourth-order valence-electron chi connectivity index (χ4n) is 2.80. The largest absolute Gasteiger partial charge is 0.481 e. The first-order chi connectivity index (χ1) is 11.0. The molecule has 2 rings (SSSR count). The average molecular weight is 340 g/mol. The van der Waals surface area contributed by atoms with Gasteiger partial charge in [0.25, 0.3) is 0 Å². The molecule has 0 spiro atoms.